The summed E-state index contributed by atoms with van der Waals surface area (Å²) >= 11 is 0. The summed E-state index contributed by atoms with van der Waals surface area (Å²) in [6, 6.07) is 0. The molecule has 0 N–H and O–H groups in total. The van der Waals surface area contributed by atoms with Crippen LogP contribution >= 0.6 is 7.60 Å². The monoisotopic (exact) mass is 266 g/mol. The second-order valence-electron chi connectivity index (χ2n) is 3.05. The summed E-state index contributed by atoms with van der Waals surface area (Å²) in [4.78, 5) is 22.2. The van der Waals surface area contributed by atoms with Crippen LogP contribution in [0.15, 0.2) is 0 Å². The smallest absolute Gasteiger partial charge is 0.345 e. The third-order valence-corrected chi connectivity index (χ3v) is 4.30. The maximum Gasteiger partial charge on any atom is 0.345 e. The van der Waals surface area contributed by atoms with Crippen LogP contribution < -0.4 is 0 Å². The molecule has 0 bridgehead atoms. The lowest BCUT2D eigenvalue weighted by Crippen LogP contribution is -2.26. The van der Waals surface area contributed by atoms with Gasteiger partial charge in [0.1, 0.15) is 6.29 Å². The molecular formula is C10H19O6P. The fourth-order valence-corrected chi connectivity index (χ4v) is 3.09. The molecule has 0 saturated carbocycles. The molecule has 100 valence electrons. The van der Waals surface area contributed by atoms with Crippen LogP contribution in [0.5, 0.6) is 0 Å². The highest BCUT2D eigenvalue weighted by atomic mass is 31.2. The highest BCUT2D eigenvalue weighted by Crippen LogP contribution is 2.54. The standard InChI is InChI=1S/C10H19O6P/c1-4-14-10(12)9(7-8-11)17(13,15-5-2)16-6-3/h8-9H,4-7H2,1-3H3. The van der Waals surface area contributed by atoms with E-state index in [9.17, 15) is 14.2 Å². The van der Waals surface area contributed by atoms with E-state index in [0.29, 0.717) is 6.29 Å². The molecule has 0 saturated heterocycles. The number of aldehydes is 1. The van der Waals surface area contributed by atoms with Crippen LogP contribution in [-0.2, 0) is 27.9 Å². The van der Waals surface area contributed by atoms with Crippen molar-refractivity contribution >= 4 is 19.9 Å². The second-order valence-corrected chi connectivity index (χ2v) is 5.27. The molecule has 0 aliphatic rings. The van der Waals surface area contributed by atoms with Crippen molar-refractivity contribution in [3.8, 4) is 0 Å². The van der Waals surface area contributed by atoms with Crippen LogP contribution in [0.3, 0.4) is 0 Å². The van der Waals surface area contributed by atoms with E-state index in [4.69, 9.17) is 13.8 Å². The van der Waals surface area contributed by atoms with Crippen LogP contribution in [-0.4, -0.2) is 37.7 Å². The van der Waals surface area contributed by atoms with E-state index in [-0.39, 0.29) is 26.2 Å². The van der Waals surface area contributed by atoms with Crippen molar-refractivity contribution in [3.63, 3.8) is 0 Å². The maximum absolute atomic E-state index is 12.3. The Morgan fingerprint density at radius 1 is 1.18 bits per heavy atom. The molecule has 0 radical (unpaired) electrons. The van der Waals surface area contributed by atoms with E-state index in [1.807, 2.05) is 0 Å². The number of hydrogen-bond acceptors (Lipinski definition) is 6. The van der Waals surface area contributed by atoms with Gasteiger partial charge in [0, 0.05) is 6.42 Å². The van der Waals surface area contributed by atoms with Gasteiger partial charge in [-0.05, 0) is 20.8 Å². The van der Waals surface area contributed by atoms with E-state index < -0.39 is 19.2 Å². The molecule has 0 amide bonds. The Morgan fingerprint density at radius 3 is 2.06 bits per heavy atom. The minimum Gasteiger partial charge on any atom is -0.465 e. The lowest BCUT2D eigenvalue weighted by molar-refractivity contribution is -0.143. The molecule has 0 aliphatic heterocycles. The SMILES string of the molecule is CCOC(=O)C(CC=O)P(=O)(OCC)OCC. The van der Waals surface area contributed by atoms with E-state index in [0.717, 1.165) is 0 Å². The normalized spacial score (nSPS) is 13.1. The van der Waals surface area contributed by atoms with Gasteiger partial charge in [0.15, 0.2) is 5.66 Å². The second kappa shape index (κ2) is 8.39. The molecule has 7 heteroatoms. The van der Waals surface area contributed by atoms with Gasteiger partial charge in [0.05, 0.1) is 19.8 Å². The average Bonchev–Trinajstić information content (AvgIpc) is 2.26. The Kier molecular flexibility index (Phi) is 8.04. The third-order valence-electron chi connectivity index (χ3n) is 1.88. The van der Waals surface area contributed by atoms with E-state index in [1.165, 1.54) is 0 Å². The molecule has 0 spiro atoms. The van der Waals surface area contributed by atoms with Gasteiger partial charge >= 0.3 is 13.6 Å². The molecule has 0 aromatic carbocycles. The Hall–Kier alpha value is -0.710. The third kappa shape index (κ3) is 4.98. The quantitative estimate of drug-likeness (QED) is 0.359. The Morgan fingerprint density at radius 2 is 1.71 bits per heavy atom. The van der Waals surface area contributed by atoms with Crippen molar-refractivity contribution in [2.75, 3.05) is 19.8 Å². The lowest BCUT2D eigenvalue weighted by Gasteiger charge is -2.23. The Balaban J connectivity index is 5.00. The molecule has 0 heterocycles. The molecule has 1 atom stereocenters. The molecule has 0 rings (SSSR count). The number of hydrogen-bond donors (Lipinski definition) is 0. The van der Waals surface area contributed by atoms with Crippen LogP contribution in [0.1, 0.15) is 27.2 Å². The average molecular weight is 266 g/mol. The van der Waals surface area contributed by atoms with Gasteiger partial charge < -0.3 is 18.6 Å². The first-order chi connectivity index (χ1) is 8.05. The van der Waals surface area contributed by atoms with E-state index in [1.54, 1.807) is 20.8 Å². The summed E-state index contributed by atoms with van der Waals surface area (Å²) < 4.78 is 27.1. The van der Waals surface area contributed by atoms with Gasteiger partial charge in [-0.1, -0.05) is 0 Å². The maximum atomic E-state index is 12.3. The van der Waals surface area contributed by atoms with Crippen LogP contribution in [0.25, 0.3) is 0 Å². The van der Waals surface area contributed by atoms with Gasteiger partial charge in [-0.25, -0.2) is 0 Å². The minimum absolute atomic E-state index is 0.131. The summed E-state index contributed by atoms with van der Waals surface area (Å²) in [6.45, 7) is 5.30. The predicted octanol–water partition coefficient (Wildman–Crippen LogP) is 1.77. The number of esters is 1. The largest absolute Gasteiger partial charge is 0.465 e. The zero-order valence-corrected chi connectivity index (χ0v) is 11.3. The predicted molar refractivity (Wildman–Crippen MR) is 62.0 cm³/mol. The molecule has 1 unspecified atom stereocenters. The van der Waals surface area contributed by atoms with Gasteiger partial charge in [0.25, 0.3) is 0 Å². The topological polar surface area (TPSA) is 78.9 Å². The van der Waals surface area contributed by atoms with Crippen molar-refractivity contribution in [1.82, 2.24) is 0 Å². The molecule has 0 aromatic heterocycles. The number of carbonyl (C=O) groups excluding carboxylic acids is 2. The van der Waals surface area contributed by atoms with Crippen molar-refractivity contribution in [1.29, 1.82) is 0 Å². The van der Waals surface area contributed by atoms with Gasteiger partial charge in [0.2, 0.25) is 0 Å². The van der Waals surface area contributed by atoms with Gasteiger partial charge in [-0.15, -0.1) is 0 Å². The summed E-state index contributed by atoms with van der Waals surface area (Å²) in [7, 11) is -3.64. The van der Waals surface area contributed by atoms with Crippen molar-refractivity contribution in [3.05, 3.63) is 0 Å². The summed E-state index contributed by atoms with van der Waals surface area (Å²) in [5.74, 6) is -0.732. The van der Waals surface area contributed by atoms with Gasteiger partial charge in [-0.3, -0.25) is 9.36 Å². The lowest BCUT2D eigenvalue weighted by atomic mass is 10.3. The molecule has 0 aliphatic carbocycles. The Bertz CT molecular complexity index is 281. The minimum atomic E-state index is -3.64. The molecule has 6 nitrogen and oxygen atoms in total. The van der Waals surface area contributed by atoms with Gasteiger partial charge in [-0.2, -0.15) is 0 Å². The molecule has 0 fully saturated rings. The summed E-state index contributed by atoms with van der Waals surface area (Å²) in [5, 5.41) is 0. The number of ether oxygens (including phenoxy) is 1. The zero-order chi connectivity index (χ0) is 13.3. The van der Waals surface area contributed by atoms with Crippen LogP contribution in [0, 0.1) is 0 Å². The first-order valence-corrected chi connectivity index (χ1v) is 7.15. The first kappa shape index (κ1) is 16.3. The van der Waals surface area contributed by atoms with Crippen molar-refractivity contribution in [2.24, 2.45) is 0 Å². The van der Waals surface area contributed by atoms with E-state index in [2.05, 4.69) is 0 Å². The zero-order valence-electron chi connectivity index (χ0n) is 10.4. The fourth-order valence-electron chi connectivity index (χ4n) is 1.26. The molecule has 0 aromatic rings. The summed E-state index contributed by atoms with van der Waals surface area (Å²) in [6.07, 6.45) is 0.266. The molecular weight excluding hydrogens is 247 g/mol. The number of carbonyl (C=O) groups is 2. The summed E-state index contributed by atoms with van der Waals surface area (Å²) in [5.41, 5.74) is -1.18. The highest BCUT2D eigenvalue weighted by molar-refractivity contribution is 7.55. The van der Waals surface area contributed by atoms with E-state index >= 15 is 0 Å². The first-order valence-electron chi connectivity index (χ1n) is 5.54. The van der Waals surface area contributed by atoms with Crippen LogP contribution in [0.2, 0.25) is 0 Å². The Labute approximate surface area is 101 Å². The fraction of sp³-hybridized carbons (Fsp3) is 0.800. The van der Waals surface area contributed by atoms with Crippen LogP contribution in [0.4, 0.5) is 0 Å². The number of rotatable bonds is 9. The molecule has 17 heavy (non-hydrogen) atoms. The van der Waals surface area contributed by atoms with Crippen molar-refractivity contribution in [2.45, 2.75) is 32.9 Å². The highest BCUT2D eigenvalue weighted by Gasteiger charge is 2.41. The van der Waals surface area contributed by atoms with Crippen molar-refractivity contribution < 1.29 is 27.9 Å².